The number of nitrogens with two attached hydrogens (primary N) is 2. The van der Waals surface area contributed by atoms with E-state index < -0.39 is 5.97 Å². The number of aliphatic carboxylic acids is 1. The maximum atomic E-state index is 9.00. The van der Waals surface area contributed by atoms with Gasteiger partial charge in [-0.1, -0.05) is 20.8 Å². The summed E-state index contributed by atoms with van der Waals surface area (Å²) in [6.45, 7) is 11.2. The third-order valence-electron chi connectivity index (χ3n) is 1.34. The van der Waals surface area contributed by atoms with Crippen molar-refractivity contribution >= 4 is 5.97 Å². The molecule has 0 heterocycles. The van der Waals surface area contributed by atoms with Crippen molar-refractivity contribution in [2.45, 2.75) is 27.7 Å². The van der Waals surface area contributed by atoms with E-state index in [0.717, 1.165) is 6.92 Å². The predicted molar refractivity (Wildman–Crippen MR) is 55.1 cm³/mol. The molecule has 0 saturated carbocycles. The number of hydrogen-bond acceptors (Lipinski definition) is 4. The summed E-state index contributed by atoms with van der Waals surface area (Å²) in [6.07, 6.45) is 0. The summed E-state index contributed by atoms with van der Waals surface area (Å²) in [7, 11) is 0. The fraction of sp³-hybridized carbons (Fsp3) is 0.875. The molecule has 0 spiro atoms. The topological polar surface area (TPSA) is 92.6 Å². The molecule has 0 aliphatic carbocycles. The zero-order valence-electron chi connectivity index (χ0n) is 9.08. The minimum Gasteiger partial charge on any atom is -0.481 e. The Morgan fingerprint density at radius 1 is 1.15 bits per heavy atom. The van der Waals surface area contributed by atoms with Gasteiger partial charge in [0.2, 0.25) is 0 Å². The van der Waals surface area contributed by atoms with E-state index in [1.165, 1.54) is 19.6 Å². The lowest BCUT2D eigenvalue weighted by atomic mass is 10.5. The maximum Gasteiger partial charge on any atom is 0.300 e. The van der Waals surface area contributed by atoms with Crippen molar-refractivity contribution in [3.8, 4) is 0 Å². The lowest BCUT2D eigenvalue weighted by Gasteiger charge is -2.13. The fourth-order valence-electron chi connectivity index (χ4n) is 0.671. The lowest BCUT2D eigenvalue weighted by Crippen LogP contribution is -2.21. The highest BCUT2D eigenvalue weighted by molar-refractivity contribution is 5.62. The molecule has 13 heavy (non-hydrogen) atoms. The highest BCUT2D eigenvalue weighted by Gasteiger charge is 1.89. The fourth-order valence-corrected chi connectivity index (χ4v) is 0.671. The van der Waals surface area contributed by atoms with Crippen molar-refractivity contribution in [1.82, 2.24) is 4.90 Å². The first-order valence-corrected chi connectivity index (χ1v) is 4.33. The molecule has 0 amide bonds. The molecule has 5 heteroatoms. The molecular weight excluding hydrogens is 170 g/mol. The molecule has 5 N–H and O–H groups in total. The zero-order chi connectivity index (χ0) is 11.3. The van der Waals surface area contributed by atoms with Crippen LogP contribution in [0.3, 0.4) is 0 Å². The van der Waals surface area contributed by atoms with Crippen molar-refractivity contribution in [2.24, 2.45) is 11.7 Å². The van der Waals surface area contributed by atoms with Crippen molar-refractivity contribution in [2.75, 3.05) is 19.6 Å². The average Bonchev–Trinajstić information content (AvgIpc) is 2.10. The Hall–Kier alpha value is -0.650. The van der Waals surface area contributed by atoms with Crippen molar-refractivity contribution < 1.29 is 9.90 Å². The van der Waals surface area contributed by atoms with Crippen LogP contribution in [0, 0.1) is 0 Å². The van der Waals surface area contributed by atoms with Crippen molar-refractivity contribution in [3.05, 3.63) is 0 Å². The van der Waals surface area contributed by atoms with Gasteiger partial charge >= 0.3 is 0 Å². The molecule has 0 atom stereocenters. The van der Waals surface area contributed by atoms with Crippen LogP contribution in [0.4, 0.5) is 0 Å². The van der Waals surface area contributed by atoms with E-state index in [1.54, 1.807) is 0 Å². The minimum absolute atomic E-state index is 0.833. The molecule has 0 saturated heterocycles. The highest BCUT2D eigenvalue weighted by Crippen LogP contribution is 1.81. The van der Waals surface area contributed by atoms with E-state index in [-0.39, 0.29) is 0 Å². The van der Waals surface area contributed by atoms with E-state index in [0.29, 0.717) is 0 Å². The molecule has 0 aromatic heterocycles. The van der Waals surface area contributed by atoms with Crippen molar-refractivity contribution in [1.29, 1.82) is 0 Å². The Kier molecular flexibility index (Phi) is 24.4. The van der Waals surface area contributed by atoms with E-state index in [1.807, 2.05) is 0 Å². The number of hydrogen-bond donors (Lipinski definition) is 3. The smallest absolute Gasteiger partial charge is 0.300 e. The van der Waals surface area contributed by atoms with E-state index in [9.17, 15) is 0 Å². The largest absolute Gasteiger partial charge is 0.481 e. The maximum absolute atomic E-state index is 9.00. The van der Waals surface area contributed by atoms with Gasteiger partial charge in [-0.15, -0.1) is 0 Å². The molecule has 0 radical (unpaired) electrons. The number of carboxylic acids is 1. The second kappa shape index (κ2) is 17.4. The standard InChI is InChI=1S/C6H15N.C2H4O2.H4N2/c1-4-7(5-2)6-3;1-2(3)4;1-2/h4-6H2,1-3H3;1H3,(H,3,4);1-2H2. The Morgan fingerprint density at radius 3 is 1.31 bits per heavy atom. The molecule has 0 aliphatic rings. The molecule has 0 unspecified atom stereocenters. The number of rotatable bonds is 3. The number of carbonyl (C=O) groups is 1. The van der Waals surface area contributed by atoms with Crippen LogP contribution >= 0.6 is 0 Å². The highest BCUT2D eigenvalue weighted by atomic mass is 16.4. The summed E-state index contributed by atoms with van der Waals surface area (Å²) in [5.74, 6) is 7.17. The Balaban J connectivity index is -0.000000142. The molecule has 0 aromatic carbocycles. The summed E-state index contributed by atoms with van der Waals surface area (Å²) in [6, 6.07) is 0. The monoisotopic (exact) mass is 193 g/mol. The van der Waals surface area contributed by atoms with Gasteiger partial charge < -0.3 is 10.0 Å². The van der Waals surface area contributed by atoms with Gasteiger partial charge in [-0.3, -0.25) is 16.5 Å². The van der Waals surface area contributed by atoms with Gasteiger partial charge in [-0.05, 0) is 19.6 Å². The van der Waals surface area contributed by atoms with Gasteiger partial charge in [-0.25, -0.2) is 0 Å². The first-order valence-electron chi connectivity index (χ1n) is 4.33. The van der Waals surface area contributed by atoms with Gasteiger partial charge in [0.15, 0.2) is 0 Å². The Bertz CT molecular complexity index is 85.9. The number of nitrogens with zero attached hydrogens (tertiary/aromatic N) is 1. The van der Waals surface area contributed by atoms with E-state index >= 15 is 0 Å². The molecule has 0 bridgehead atoms. The summed E-state index contributed by atoms with van der Waals surface area (Å²) >= 11 is 0. The second-order valence-corrected chi connectivity index (χ2v) is 2.14. The minimum atomic E-state index is -0.833. The van der Waals surface area contributed by atoms with Gasteiger partial charge in [0.25, 0.3) is 5.97 Å². The van der Waals surface area contributed by atoms with Crippen LogP contribution in [0.25, 0.3) is 0 Å². The summed E-state index contributed by atoms with van der Waals surface area (Å²) in [5.41, 5.74) is 0. The molecular formula is C8H23N3O2. The van der Waals surface area contributed by atoms with Crippen molar-refractivity contribution in [3.63, 3.8) is 0 Å². The van der Waals surface area contributed by atoms with Crippen LogP contribution < -0.4 is 11.7 Å². The summed E-state index contributed by atoms with van der Waals surface area (Å²) in [4.78, 5) is 11.4. The Labute approximate surface area is 80.7 Å². The third-order valence-corrected chi connectivity index (χ3v) is 1.34. The van der Waals surface area contributed by atoms with Crippen LogP contribution in [-0.4, -0.2) is 35.6 Å². The van der Waals surface area contributed by atoms with Gasteiger partial charge in [0.1, 0.15) is 0 Å². The van der Waals surface area contributed by atoms with Crippen LogP contribution in [0.1, 0.15) is 27.7 Å². The van der Waals surface area contributed by atoms with E-state index in [4.69, 9.17) is 9.90 Å². The first kappa shape index (κ1) is 18.2. The summed E-state index contributed by atoms with van der Waals surface area (Å²) in [5, 5.41) is 7.42. The molecule has 0 rings (SSSR count). The lowest BCUT2D eigenvalue weighted by molar-refractivity contribution is -0.134. The van der Waals surface area contributed by atoms with Crippen LogP contribution in [0.2, 0.25) is 0 Å². The second-order valence-electron chi connectivity index (χ2n) is 2.14. The number of carboxylic acid groups (broad SMARTS) is 1. The molecule has 82 valence electrons. The zero-order valence-corrected chi connectivity index (χ0v) is 9.08. The Morgan fingerprint density at radius 2 is 1.31 bits per heavy atom. The third kappa shape index (κ3) is 34.7. The van der Waals surface area contributed by atoms with Crippen LogP contribution in [-0.2, 0) is 4.79 Å². The molecule has 5 nitrogen and oxygen atoms in total. The van der Waals surface area contributed by atoms with Crippen LogP contribution in [0.15, 0.2) is 0 Å². The quantitative estimate of drug-likeness (QED) is 0.441. The SMILES string of the molecule is CC(=O)O.CCN(CC)CC.NN. The van der Waals surface area contributed by atoms with Crippen LogP contribution in [0.5, 0.6) is 0 Å². The molecule has 0 aromatic rings. The van der Waals surface area contributed by atoms with Gasteiger partial charge in [-0.2, -0.15) is 0 Å². The van der Waals surface area contributed by atoms with Gasteiger partial charge in [0, 0.05) is 6.92 Å². The first-order chi connectivity index (χ1) is 6.08. The molecule has 0 fully saturated rings. The van der Waals surface area contributed by atoms with E-state index in [2.05, 4.69) is 37.4 Å². The average molecular weight is 193 g/mol. The normalized spacial score (nSPS) is 7.92. The predicted octanol–water partition coefficient (Wildman–Crippen LogP) is 0.258. The van der Waals surface area contributed by atoms with Gasteiger partial charge in [0.05, 0.1) is 0 Å². The molecule has 0 aliphatic heterocycles. The summed E-state index contributed by atoms with van der Waals surface area (Å²) < 4.78 is 0. The number of hydrazine groups is 1.